The topological polar surface area (TPSA) is 121 Å². The van der Waals surface area contributed by atoms with Crippen LogP contribution in [0.2, 0.25) is 0 Å². The zero-order valence-electron chi connectivity index (χ0n) is 15.8. The van der Waals surface area contributed by atoms with Crippen LogP contribution in [0, 0.1) is 0 Å². The van der Waals surface area contributed by atoms with E-state index in [1.54, 1.807) is 0 Å². The molecule has 9 nitrogen and oxygen atoms in total. The van der Waals surface area contributed by atoms with E-state index in [9.17, 15) is 27.6 Å². The van der Waals surface area contributed by atoms with Crippen molar-refractivity contribution in [2.45, 2.75) is 31.1 Å². The zero-order chi connectivity index (χ0) is 20.9. The molecule has 1 fully saturated rings. The molecule has 152 valence electrons. The summed E-state index contributed by atoms with van der Waals surface area (Å²) in [7, 11) is -2.58. The summed E-state index contributed by atoms with van der Waals surface area (Å²) >= 11 is 0. The highest BCUT2D eigenvalue weighted by Crippen LogP contribution is 2.15. The summed E-state index contributed by atoms with van der Waals surface area (Å²) in [4.78, 5) is 47.4. The van der Waals surface area contributed by atoms with Crippen LogP contribution >= 0.6 is 0 Å². The number of likely N-dealkylation sites (tertiary alicyclic amines) is 1. The molecule has 10 heteroatoms. The Morgan fingerprint density at radius 1 is 1.11 bits per heavy atom. The Bertz CT molecular complexity index is 863. The third kappa shape index (κ3) is 5.23. The Hall–Kier alpha value is -2.59. The molecule has 1 aromatic carbocycles. The number of nitrogens with zero attached hydrogens (tertiary/aromatic N) is 2. The second-order valence-electron chi connectivity index (χ2n) is 6.48. The predicted molar refractivity (Wildman–Crippen MR) is 99.8 cm³/mol. The molecule has 0 spiro atoms. The standard InChI is InChI=1S/C18H23N3O6S/c1-13(22)14-4-6-15(7-5-14)28(26,27)20(2)12-16(23)19-10-3-11-21-17(24)8-9-18(21)25/h4-7H,3,8-12H2,1-2H3,(H,19,23). The number of imide groups is 1. The monoisotopic (exact) mass is 409 g/mol. The molecule has 1 heterocycles. The molecule has 3 amide bonds. The highest BCUT2D eigenvalue weighted by atomic mass is 32.2. The highest BCUT2D eigenvalue weighted by molar-refractivity contribution is 7.89. The van der Waals surface area contributed by atoms with Crippen molar-refractivity contribution in [2.24, 2.45) is 0 Å². The van der Waals surface area contributed by atoms with Crippen LogP contribution < -0.4 is 5.32 Å². The van der Waals surface area contributed by atoms with Crippen LogP contribution in [0.5, 0.6) is 0 Å². The van der Waals surface area contributed by atoms with Gasteiger partial charge < -0.3 is 5.32 Å². The molecule has 1 aliphatic heterocycles. The van der Waals surface area contributed by atoms with E-state index < -0.39 is 15.9 Å². The lowest BCUT2D eigenvalue weighted by atomic mass is 10.2. The maximum atomic E-state index is 12.5. The number of ketones is 1. The number of likely N-dealkylation sites (N-methyl/N-ethyl adjacent to an activating group) is 1. The number of rotatable bonds is 9. The SMILES string of the molecule is CC(=O)c1ccc(S(=O)(=O)N(C)CC(=O)NCCCN2C(=O)CCC2=O)cc1. The number of sulfonamides is 1. The van der Waals surface area contributed by atoms with E-state index in [0.717, 1.165) is 4.31 Å². The minimum atomic E-state index is -3.87. The molecule has 1 aromatic rings. The Morgan fingerprint density at radius 2 is 1.68 bits per heavy atom. The van der Waals surface area contributed by atoms with Gasteiger partial charge in [-0.05, 0) is 25.5 Å². The summed E-state index contributed by atoms with van der Waals surface area (Å²) < 4.78 is 25.9. The maximum Gasteiger partial charge on any atom is 0.243 e. The van der Waals surface area contributed by atoms with Gasteiger partial charge in [0.2, 0.25) is 27.7 Å². The Balaban J connectivity index is 1.82. The largest absolute Gasteiger partial charge is 0.355 e. The average molecular weight is 409 g/mol. The number of Topliss-reactive ketones (excluding diaryl/α,β-unsaturated/α-hetero) is 1. The number of hydrogen-bond donors (Lipinski definition) is 1. The number of carbonyl (C=O) groups excluding carboxylic acids is 4. The lowest BCUT2D eigenvalue weighted by Crippen LogP contribution is -2.39. The minimum Gasteiger partial charge on any atom is -0.355 e. The average Bonchev–Trinajstić information content (AvgIpc) is 2.96. The van der Waals surface area contributed by atoms with Gasteiger partial charge in [-0.3, -0.25) is 24.1 Å². The lowest BCUT2D eigenvalue weighted by molar-refractivity contribution is -0.138. The van der Waals surface area contributed by atoms with Gasteiger partial charge in [-0.2, -0.15) is 4.31 Å². The van der Waals surface area contributed by atoms with Crippen molar-refractivity contribution in [1.82, 2.24) is 14.5 Å². The van der Waals surface area contributed by atoms with Gasteiger partial charge in [-0.15, -0.1) is 0 Å². The summed E-state index contributed by atoms with van der Waals surface area (Å²) in [6.07, 6.45) is 0.842. The first-order valence-corrected chi connectivity index (χ1v) is 10.2. The van der Waals surface area contributed by atoms with E-state index >= 15 is 0 Å². The molecule has 0 aliphatic carbocycles. The normalized spacial score (nSPS) is 14.6. The predicted octanol–water partition coefficient (Wildman–Crippen LogP) is 0.165. The molecular weight excluding hydrogens is 386 g/mol. The van der Waals surface area contributed by atoms with Gasteiger partial charge >= 0.3 is 0 Å². The van der Waals surface area contributed by atoms with Gasteiger partial charge in [-0.25, -0.2) is 8.42 Å². The van der Waals surface area contributed by atoms with Crippen LogP contribution in [0.3, 0.4) is 0 Å². The van der Waals surface area contributed by atoms with E-state index in [-0.39, 0.29) is 55.0 Å². The lowest BCUT2D eigenvalue weighted by Gasteiger charge is -2.17. The van der Waals surface area contributed by atoms with Crippen LogP contribution in [0.25, 0.3) is 0 Å². The molecule has 0 radical (unpaired) electrons. The number of amides is 3. The third-order valence-electron chi connectivity index (χ3n) is 4.37. The summed E-state index contributed by atoms with van der Waals surface area (Å²) in [5.41, 5.74) is 0.398. The van der Waals surface area contributed by atoms with Gasteiger partial charge in [0.15, 0.2) is 5.78 Å². The van der Waals surface area contributed by atoms with Gasteiger partial charge in [-0.1, -0.05) is 12.1 Å². The van der Waals surface area contributed by atoms with Gasteiger partial charge in [0.05, 0.1) is 11.4 Å². The molecule has 0 bridgehead atoms. The molecule has 28 heavy (non-hydrogen) atoms. The maximum absolute atomic E-state index is 12.5. The summed E-state index contributed by atoms with van der Waals surface area (Å²) in [6, 6.07) is 5.49. The Kier molecular flexibility index (Phi) is 7.03. The number of benzene rings is 1. The first-order valence-electron chi connectivity index (χ1n) is 8.80. The van der Waals surface area contributed by atoms with Crippen molar-refractivity contribution in [3.05, 3.63) is 29.8 Å². The number of nitrogens with one attached hydrogen (secondary N) is 1. The van der Waals surface area contributed by atoms with Crippen molar-refractivity contribution in [3.63, 3.8) is 0 Å². The first kappa shape index (κ1) is 21.7. The molecular formula is C18H23N3O6S. The fourth-order valence-corrected chi connectivity index (χ4v) is 3.85. The van der Waals surface area contributed by atoms with Gasteiger partial charge in [0.1, 0.15) is 0 Å². The highest BCUT2D eigenvalue weighted by Gasteiger charge is 2.28. The Labute approximate surface area is 163 Å². The van der Waals surface area contributed by atoms with Gasteiger partial charge in [0, 0.05) is 38.5 Å². The molecule has 0 aromatic heterocycles. The minimum absolute atomic E-state index is 0.0149. The summed E-state index contributed by atoms with van der Waals surface area (Å²) in [6.45, 7) is 1.46. The zero-order valence-corrected chi connectivity index (χ0v) is 16.6. The van der Waals surface area contributed by atoms with Crippen LogP contribution in [0.1, 0.15) is 36.5 Å². The third-order valence-corrected chi connectivity index (χ3v) is 6.19. The van der Waals surface area contributed by atoms with Crippen molar-refractivity contribution < 1.29 is 27.6 Å². The van der Waals surface area contributed by atoms with Crippen molar-refractivity contribution in [2.75, 3.05) is 26.7 Å². The number of carbonyl (C=O) groups is 4. The first-order chi connectivity index (χ1) is 13.1. The smallest absolute Gasteiger partial charge is 0.243 e. The molecule has 0 unspecified atom stereocenters. The van der Waals surface area contributed by atoms with E-state index in [1.165, 1.54) is 43.1 Å². The molecule has 1 saturated heterocycles. The molecule has 0 atom stereocenters. The summed E-state index contributed by atoms with van der Waals surface area (Å²) in [5.74, 6) is -1.09. The fraction of sp³-hybridized carbons (Fsp3) is 0.444. The second-order valence-corrected chi connectivity index (χ2v) is 8.53. The molecule has 1 N–H and O–H groups in total. The fourth-order valence-electron chi connectivity index (χ4n) is 2.72. The molecule has 0 saturated carbocycles. The van der Waals surface area contributed by atoms with Crippen LogP contribution in [-0.4, -0.2) is 67.8 Å². The second kappa shape index (κ2) is 9.07. The Morgan fingerprint density at radius 3 is 2.21 bits per heavy atom. The van der Waals surface area contributed by atoms with E-state index in [4.69, 9.17) is 0 Å². The van der Waals surface area contributed by atoms with Crippen molar-refractivity contribution in [1.29, 1.82) is 0 Å². The van der Waals surface area contributed by atoms with Crippen LogP contribution in [0.4, 0.5) is 0 Å². The molecule has 1 aliphatic rings. The van der Waals surface area contributed by atoms with Crippen LogP contribution in [-0.2, 0) is 24.4 Å². The molecule has 2 rings (SSSR count). The van der Waals surface area contributed by atoms with Gasteiger partial charge in [0.25, 0.3) is 0 Å². The van der Waals surface area contributed by atoms with E-state index in [0.29, 0.717) is 12.0 Å². The van der Waals surface area contributed by atoms with Crippen molar-refractivity contribution in [3.8, 4) is 0 Å². The quantitative estimate of drug-likeness (QED) is 0.352. The van der Waals surface area contributed by atoms with Crippen molar-refractivity contribution >= 4 is 33.5 Å². The number of hydrogen-bond acceptors (Lipinski definition) is 6. The van der Waals surface area contributed by atoms with E-state index in [1.807, 2.05) is 0 Å². The van der Waals surface area contributed by atoms with E-state index in [2.05, 4.69) is 5.32 Å². The van der Waals surface area contributed by atoms with Crippen LogP contribution in [0.15, 0.2) is 29.2 Å². The summed E-state index contributed by atoms with van der Waals surface area (Å²) in [5, 5.41) is 2.58.